The number of benzene rings is 3. The van der Waals surface area contributed by atoms with Gasteiger partial charge < -0.3 is 10.1 Å². The van der Waals surface area contributed by atoms with E-state index in [0.717, 1.165) is 18.4 Å². The van der Waals surface area contributed by atoms with Crippen molar-refractivity contribution in [1.82, 2.24) is 14.9 Å². The molecule has 0 spiro atoms. The highest BCUT2D eigenvalue weighted by Crippen LogP contribution is 2.24. The fraction of sp³-hybridized carbons (Fsp3) is 0.222. The average molecular weight is 474 g/mol. The normalized spacial score (nSPS) is 11.8. The number of carbonyl (C=O) groups is 1. The summed E-state index contributed by atoms with van der Waals surface area (Å²) >= 11 is 1.25. The van der Waals surface area contributed by atoms with Crippen molar-refractivity contribution in [1.29, 1.82) is 0 Å². The van der Waals surface area contributed by atoms with Gasteiger partial charge in [0.1, 0.15) is 5.75 Å². The van der Waals surface area contributed by atoms with E-state index in [2.05, 4.69) is 12.2 Å². The van der Waals surface area contributed by atoms with Crippen LogP contribution in [0.15, 0.2) is 88.8 Å². The van der Waals surface area contributed by atoms with E-state index in [9.17, 15) is 9.59 Å². The van der Waals surface area contributed by atoms with Gasteiger partial charge in [0.05, 0.1) is 35.5 Å². The summed E-state index contributed by atoms with van der Waals surface area (Å²) in [7, 11) is 1.58. The Morgan fingerprint density at radius 1 is 1.06 bits per heavy atom. The predicted molar refractivity (Wildman–Crippen MR) is 137 cm³/mol. The predicted octanol–water partition coefficient (Wildman–Crippen LogP) is 5.14. The molecule has 1 heterocycles. The molecule has 0 radical (unpaired) electrons. The summed E-state index contributed by atoms with van der Waals surface area (Å²) in [4.78, 5) is 31.0. The first-order valence-electron chi connectivity index (χ1n) is 11.2. The van der Waals surface area contributed by atoms with Gasteiger partial charge in [-0.3, -0.25) is 14.2 Å². The van der Waals surface area contributed by atoms with Gasteiger partial charge in [-0.05, 0) is 36.2 Å². The lowest BCUT2D eigenvalue weighted by Gasteiger charge is -2.19. The molecule has 6 nitrogen and oxygen atoms in total. The van der Waals surface area contributed by atoms with Gasteiger partial charge in [-0.2, -0.15) is 0 Å². The van der Waals surface area contributed by atoms with E-state index in [1.54, 1.807) is 23.8 Å². The van der Waals surface area contributed by atoms with Crippen LogP contribution in [0.25, 0.3) is 16.6 Å². The van der Waals surface area contributed by atoms with Crippen molar-refractivity contribution in [3.8, 4) is 11.4 Å². The molecule has 0 saturated heterocycles. The molecular weight excluding hydrogens is 446 g/mol. The fourth-order valence-corrected chi connectivity index (χ4v) is 4.67. The molecule has 7 heteroatoms. The Balaban J connectivity index is 1.63. The van der Waals surface area contributed by atoms with Crippen LogP contribution in [-0.2, 0) is 4.79 Å². The second-order valence-corrected chi connectivity index (χ2v) is 8.80. The van der Waals surface area contributed by atoms with E-state index in [4.69, 9.17) is 9.72 Å². The lowest BCUT2D eigenvalue weighted by atomic mass is 10.0. The zero-order valence-electron chi connectivity index (χ0n) is 19.2. The number of methoxy groups -OCH3 is 1. The van der Waals surface area contributed by atoms with Gasteiger partial charge in [0.25, 0.3) is 5.56 Å². The minimum absolute atomic E-state index is 0.0514. The Morgan fingerprint density at radius 3 is 2.59 bits per heavy atom. The Morgan fingerprint density at radius 2 is 1.82 bits per heavy atom. The van der Waals surface area contributed by atoms with Crippen molar-refractivity contribution >= 4 is 28.6 Å². The van der Waals surface area contributed by atoms with Gasteiger partial charge in [-0.15, -0.1) is 0 Å². The number of nitrogens with zero attached hydrogens (tertiary/aromatic N) is 2. The number of rotatable bonds is 9. The second kappa shape index (κ2) is 11.0. The van der Waals surface area contributed by atoms with Crippen LogP contribution >= 0.6 is 11.8 Å². The molecule has 1 atom stereocenters. The van der Waals surface area contributed by atoms with Gasteiger partial charge >= 0.3 is 0 Å². The standard InChI is InChI=1S/C27H27N3O3S/c1-3-10-23(19-11-5-4-6-12-19)28-25(31)18-34-27-29-24-16-8-7-15-22(24)26(32)30(27)20-13-9-14-21(17-20)33-2/h4-9,11-17,23H,3,10,18H2,1-2H3,(H,28,31). The molecule has 0 fully saturated rings. The Bertz CT molecular complexity index is 1340. The van der Waals surface area contributed by atoms with Gasteiger partial charge in [0, 0.05) is 6.07 Å². The maximum atomic E-state index is 13.4. The molecule has 0 aliphatic carbocycles. The zero-order chi connectivity index (χ0) is 23.9. The smallest absolute Gasteiger partial charge is 0.266 e. The molecule has 1 aromatic heterocycles. The fourth-order valence-electron chi connectivity index (χ4n) is 3.85. The van der Waals surface area contributed by atoms with Crippen molar-refractivity contribution in [2.45, 2.75) is 31.0 Å². The SMILES string of the molecule is CCCC(NC(=O)CSc1nc2ccccc2c(=O)n1-c1cccc(OC)c1)c1ccccc1. The number of para-hydroxylation sites is 1. The molecule has 4 aromatic rings. The largest absolute Gasteiger partial charge is 0.497 e. The number of aromatic nitrogens is 2. The lowest BCUT2D eigenvalue weighted by Crippen LogP contribution is -2.30. The molecular formula is C27H27N3O3S. The maximum Gasteiger partial charge on any atom is 0.266 e. The first kappa shape index (κ1) is 23.6. The summed E-state index contributed by atoms with van der Waals surface area (Å²) in [5, 5.41) is 4.12. The molecule has 4 rings (SSSR count). The number of hydrogen-bond acceptors (Lipinski definition) is 5. The van der Waals surface area contributed by atoms with Crippen LogP contribution in [0, 0.1) is 0 Å². The number of fused-ring (bicyclic) bond motifs is 1. The number of amides is 1. The topological polar surface area (TPSA) is 73.2 Å². The highest BCUT2D eigenvalue weighted by atomic mass is 32.2. The average Bonchev–Trinajstić information content (AvgIpc) is 2.88. The third kappa shape index (κ3) is 5.31. The first-order chi connectivity index (χ1) is 16.6. The Labute approximate surface area is 203 Å². The molecule has 34 heavy (non-hydrogen) atoms. The van der Waals surface area contributed by atoms with E-state index in [1.165, 1.54) is 11.8 Å². The van der Waals surface area contributed by atoms with Gasteiger partial charge in [-0.1, -0.05) is 73.6 Å². The van der Waals surface area contributed by atoms with E-state index in [-0.39, 0.29) is 23.3 Å². The van der Waals surface area contributed by atoms with E-state index < -0.39 is 0 Å². The maximum absolute atomic E-state index is 13.4. The zero-order valence-corrected chi connectivity index (χ0v) is 20.0. The minimum atomic E-state index is -0.185. The van der Waals surface area contributed by atoms with Crippen molar-refractivity contribution in [3.63, 3.8) is 0 Å². The summed E-state index contributed by atoms with van der Waals surface area (Å²) in [5.74, 6) is 0.672. The highest BCUT2D eigenvalue weighted by molar-refractivity contribution is 7.99. The molecule has 0 aliphatic heterocycles. The number of nitrogens with one attached hydrogen (secondary N) is 1. The number of hydrogen-bond donors (Lipinski definition) is 1. The lowest BCUT2D eigenvalue weighted by molar-refractivity contribution is -0.119. The third-order valence-corrected chi connectivity index (χ3v) is 6.44. The van der Waals surface area contributed by atoms with Crippen LogP contribution in [-0.4, -0.2) is 28.3 Å². The summed E-state index contributed by atoms with van der Waals surface area (Å²) in [6, 6.07) is 24.4. The van der Waals surface area contributed by atoms with Crippen LogP contribution in [0.1, 0.15) is 31.4 Å². The van der Waals surface area contributed by atoms with Crippen LogP contribution in [0.3, 0.4) is 0 Å². The highest BCUT2D eigenvalue weighted by Gasteiger charge is 2.17. The van der Waals surface area contributed by atoms with E-state index >= 15 is 0 Å². The second-order valence-electron chi connectivity index (χ2n) is 7.86. The van der Waals surface area contributed by atoms with Crippen molar-refractivity contribution in [2.24, 2.45) is 0 Å². The van der Waals surface area contributed by atoms with Crippen LogP contribution in [0.4, 0.5) is 0 Å². The summed E-state index contributed by atoms with van der Waals surface area (Å²) < 4.78 is 6.89. The monoisotopic (exact) mass is 473 g/mol. The molecule has 0 bridgehead atoms. The summed E-state index contributed by atoms with van der Waals surface area (Å²) in [6.45, 7) is 2.10. The molecule has 1 unspecified atom stereocenters. The Kier molecular flexibility index (Phi) is 7.65. The third-order valence-electron chi connectivity index (χ3n) is 5.50. The van der Waals surface area contributed by atoms with Crippen LogP contribution < -0.4 is 15.6 Å². The summed E-state index contributed by atoms with van der Waals surface area (Å²) in [6.07, 6.45) is 1.80. The van der Waals surface area contributed by atoms with Crippen molar-refractivity contribution < 1.29 is 9.53 Å². The number of ether oxygens (including phenoxy) is 1. The first-order valence-corrected chi connectivity index (χ1v) is 12.2. The van der Waals surface area contributed by atoms with E-state index in [1.807, 2.05) is 66.7 Å². The quantitative estimate of drug-likeness (QED) is 0.269. The summed E-state index contributed by atoms with van der Waals surface area (Å²) in [5.41, 5.74) is 2.14. The molecule has 174 valence electrons. The molecule has 1 N–H and O–H groups in total. The molecule has 0 aliphatic rings. The number of carbonyl (C=O) groups excluding carboxylic acids is 1. The minimum Gasteiger partial charge on any atom is -0.497 e. The van der Waals surface area contributed by atoms with Gasteiger partial charge in [-0.25, -0.2) is 4.98 Å². The van der Waals surface area contributed by atoms with Gasteiger partial charge in [0.2, 0.25) is 5.91 Å². The van der Waals surface area contributed by atoms with Crippen molar-refractivity contribution in [3.05, 3.63) is 94.8 Å². The molecule has 3 aromatic carbocycles. The van der Waals surface area contributed by atoms with Gasteiger partial charge in [0.15, 0.2) is 5.16 Å². The van der Waals surface area contributed by atoms with Crippen LogP contribution in [0.5, 0.6) is 5.75 Å². The Hall–Kier alpha value is -3.58. The number of thioether (sulfide) groups is 1. The van der Waals surface area contributed by atoms with Crippen molar-refractivity contribution in [2.75, 3.05) is 12.9 Å². The molecule has 0 saturated carbocycles. The van der Waals surface area contributed by atoms with E-state index in [0.29, 0.717) is 27.5 Å². The molecule has 1 amide bonds. The van der Waals surface area contributed by atoms with Crippen LogP contribution in [0.2, 0.25) is 0 Å².